The molecule has 6 rings (SSSR count). The van der Waals surface area contributed by atoms with E-state index in [1.165, 1.54) is 0 Å². The summed E-state index contributed by atoms with van der Waals surface area (Å²) >= 11 is 0. The van der Waals surface area contributed by atoms with E-state index in [4.69, 9.17) is 10.5 Å². The summed E-state index contributed by atoms with van der Waals surface area (Å²) in [6.45, 7) is 7.12. The molecular weight excluding hydrogens is 578 g/mol. The minimum Gasteiger partial charge on any atom is -0.457 e. The molecule has 2 aliphatic heterocycles. The maximum absolute atomic E-state index is 14.2. The molecule has 0 saturated carbocycles. The Hall–Kier alpha value is -4.88. The van der Waals surface area contributed by atoms with Gasteiger partial charge in [0, 0.05) is 19.3 Å². The van der Waals surface area contributed by atoms with Gasteiger partial charge in [-0.15, -0.1) is 0 Å². The van der Waals surface area contributed by atoms with Crippen LogP contribution in [0, 0.1) is 22.7 Å². The Kier molecular flexibility index (Phi) is 8.69. The molecule has 2 fully saturated rings. The number of nitrogen functional groups attached to an aromatic ring is 1. The second-order valence-corrected chi connectivity index (χ2v) is 13.1. The van der Waals surface area contributed by atoms with Crippen molar-refractivity contribution >= 4 is 22.8 Å². The number of nitrogens with zero attached hydrogens (tertiary/aromatic N) is 6. The predicted molar refractivity (Wildman–Crippen MR) is 179 cm³/mol. The Bertz CT molecular complexity index is 1840. The van der Waals surface area contributed by atoms with Crippen LogP contribution in [-0.2, 0) is 4.79 Å². The van der Waals surface area contributed by atoms with E-state index in [9.17, 15) is 14.9 Å². The maximum atomic E-state index is 14.2. The number of piperidine rings is 2. The van der Waals surface area contributed by atoms with Crippen LogP contribution in [0.4, 0.5) is 5.82 Å². The summed E-state index contributed by atoms with van der Waals surface area (Å²) in [7, 11) is 2.13. The zero-order valence-electron chi connectivity index (χ0n) is 26.7. The van der Waals surface area contributed by atoms with Gasteiger partial charge in [0.25, 0.3) is 5.91 Å². The molecule has 0 radical (unpaired) electrons. The fourth-order valence-electron chi connectivity index (χ4n) is 6.97. The second kappa shape index (κ2) is 12.9. The van der Waals surface area contributed by atoms with Crippen molar-refractivity contribution in [3.05, 3.63) is 89.0 Å². The first-order valence-electron chi connectivity index (χ1n) is 16.0. The quantitative estimate of drug-likeness (QED) is 0.213. The highest BCUT2D eigenvalue weighted by Crippen LogP contribution is 2.37. The molecule has 2 aromatic heterocycles. The molecule has 1 amide bonds. The number of ether oxygens (including phenoxy) is 1. The van der Waals surface area contributed by atoms with E-state index >= 15 is 0 Å². The molecule has 10 nitrogen and oxygen atoms in total. The number of anilines is 1. The van der Waals surface area contributed by atoms with E-state index < -0.39 is 0 Å². The van der Waals surface area contributed by atoms with Crippen LogP contribution in [0.15, 0.2) is 83.3 Å². The highest BCUT2D eigenvalue weighted by molar-refractivity contribution is 5.97. The van der Waals surface area contributed by atoms with Crippen LogP contribution in [0.1, 0.15) is 45.6 Å². The first-order chi connectivity index (χ1) is 22.2. The van der Waals surface area contributed by atoms with Gasteiger partial charge in [0.2, 0.25) is 0 Å². The zero-order valence-corrected chi connectivity index (χ0v) is 26.7. The number of hydrogen-bond acceptors (Lipinski definition) is 7. The van der Waals surface area contributed by atoms with Gasteiger partial charge in [-0.05, 0) is 99.6 Å². The third-order valence-electron chi connectivity index (χ3n) is 9.57. The Morgan fingerprint density at radius 3 is 2.41 bits per heavy atom. The number of hydrogen-bond donors (Lipinski definition) is 1. The van der Waals surface area contributed by atoms with Crippen molar-refractivity contribution in [3.63, 3.8) is 0 Å². The average molecular weight is 620 g/mol. The number of nitriles is 1. The van der Waals surface area contributed by atoms with Crippen LogP contribution in [0.25, 0.3) is 16.7 Å². The van der Waals surface area contributed by atoms with Gasteiger partial charge in [-0.1, -0.05) is 38.1 Å². The molecule has 0 spiro atoms. The first-order valence-corrected chi connectivity index (χ1v) is 16.0. The molecule has 0 aliphatic carbocycles. The van der Waals surface area contributed by atoms with Gasteiger partial charge in [0.1, 0.15) is 34.5 Å². The first kappa shape index (κ1) is 31.1. The molecular formula is C36H41N7O3. The summed E-state index contributed by atoms with van der Waals surface area (Å²) in [5.74, 6) is 1.72. The van der Waals surface area contributed by atoms with E-state index in [0.717, 1.165) is 25.9 Å². The Morgan fingerprint density at radius 1 is 1.02 bits per heavy atom. The van der Waals surface area contributed by atoms with Crippen LogP contribution in [-0.4, -0.2) is 63.1 Å². The van der Waals surface area contributed by atoms with Crippen LogP contribution in [0.2, 0.25) is 0 Å². The topological polar surface area (TPSA) is 122 Å². The van der Waals surface area contributed by atoms with Crippen molar-refractivity contribution in [1.29, 1.82) is 5.26 Å². The minimum absolute atomic E-state index is 0.172. The van der Waals surface area contributed by atoms with Gasteiger partial charge < -0.3 is 20.3 Å². The molecule has 1 atom stereocenters. The lowest BCUT2D eigenvalue weighted by atomic mass is 9.72. The van der Waals surface area contributed by atoms with Crippen molar-refractivity contribution in [2.24, 2.45) is 11.3 Å². The Morgan fingerprint density at radius 2 is 1.72 bits per heavy atom. The number of pyridine rings is 1. The molecule has 4 heterocycles. The molecule has 1 unspecified atom stereocenters. The van der Waals surface area contributed by atoms with Crippen molar-refractivity contribution in [2.45, 2.75) is 45.6 Å². The summed E-state index contributed by atoms with van der Waals surface area (Å²) in [5, 5.41) is 10.1. The molecule has 2 aliphatic rings. The molecule has 2 aromatic carbocycles. The number of imidazole rings is 1. The summed E-state index contributed by atoms with van der Waals surface area (Å²) in [6.07, 6.45) is 6.96. The number of aromatic nitrogens is 3. The van der Waals surface area contributed by atoms with E-state index in [-0.39, 0.29) is 34.4 Å². The average Bonchev–Trinajstić information content (AvgIpc) is 3.37. The number of para-hydroxylation sites is 1. The Labute approximate surface area is 269 Å². The van der Waals surface area contributed by atoms with Crippen LogP contribution >= 0.6 is 0 Å². The van der Waals surface area contributed by atoms with Crippen LogP contribution < -0.4 is 16.2 Å². The normalized spacial score (nSPS) is 18.4. The van der Waals surface area contributed by atoms with Gasteiger partial charge in [0.05, 0.1) is 17.2 Å². The van der Waals surface area contributed by atoms with Gasteiger partial charge in [-0.3, -0.25) is 13.9 Å². The van der Waals surface area contributed by atoms with Crippen molar-refractivity contribution < 1.29 is 9.53 Å². The lowest BCUT2D eigenvalue weighted by Gasteiger charge is -2.38. The number of rotatable bonds is 7. The largest absolute Gasteiger partial charge is 0.457 e. The fraction of sp³-hybridized carbons (Fsp3) is 0.389. The number of likely N-dealkylation sites (tertiary alicyclic amines) is 2. The molecule has 46 heavy (non-hydrogen) atoms. The molecule has 4 aromatic rings. The van der Waals surface area contributed by atoms with Crippen molar-refractivity contribution in [2.75, 3.05) is 39.0 Å². The summed E-state index contributed by atoms with van der Waals surface area (Å²) < 4.78 is 9.26. The van der Waals surface area contributed by atoms with Crippen molar-refractivity contribution in [3.8, 4) is 23.3 Å². The lowest BCUT2D eigenvalue weighted by molar-refractivity contribution is -0.128. The highest BCUT2D eigenvalue weighted by atomic mass is 16.5. The van der Waals surface area contributed by atoms with Crippen molar-refractivity contribution in [1.82, 2.24) is 23.9 Å². The third kappa shape index (κ3) is 6.15. The lowest BCUT2D eigenvalue weighted by Crippen LogP contribution is -2.43. The molecule has 0 bridgehead atoms. The van der Waals surface area contributed by atoms with Gasteiger partial charge in [0.15, 0.2) is 0 Å². The highest BCUT2D eigenvalue weighted by Gasteiger charge is 2.34. The number of carbonyl (C=O) groups is 1. The molecule has 10 heteroatoms. The predicted octanol–water partition coefficient (Wildman–Crippen LogP) is 5.54. The molecule has 2 N–H and O–H groups in total. The third-order valence-corrected chi connectivity index (χ3v) is 9.57. The molecule has 2 saturated heterocycles. The number of amides is 1. The van der Waals surface area contributed by atoms with E-state index in [0.29, 0.717) is 60.1 Å². The smallest absolute Gasteiger partial charge is 0.334 e. The second-order valence-electron chi connectivity index (χ2n) is 13.1. The number of benzene rings is 2. The Balaban J connectivity index is 1.28. The fourth-order valence-corrected chi connectivity index (χ4v) is 6.97. The van der Waals surface area contributed by atoms with Crippen LogP contribution in [0.3, 0.4) is 0 Å². The number of allylic oxidation sites excluding steroid dienone is 1. The summed E-state index contributed by atoms with van der Waals surface area (Å²) in [4.78, 5) is 36.3. The minimum atomic E-state index is -0.293. The number of carbonyl (C=O) groups excluding carboxylic acids is 1. The number of nitrogens with two attached hydrogens (primary N) is 1. The summed E-state index contributed by atoms with van der Waals surface area (Å²) in [5.41, 5.74) is 7.81. The number of fused-ring (bicyclic) bond motifs is 1. The van der Waals surface area contributed by atoms with Crippen LogP contribution in [0.5, 0.6) is 11.5 Å². The van der Waals surface area contributed by atoms with E-state index in [1.54, 1.807) is 26.3 Å². The van der Waals surface area contributed by atoms with Gasteiger partial charge in [-0.25, -0.2) is 9.78 Å². The zero-order chi connectivity index (χ0) is 32.4. The van der Waals surface area contributed by atoms with E-state index in [1.807, 2.05) is 60.7 Å². The summed E-state index contributed by atoms with van der Waals surface area (Å²) in [6, 6.07) is 20.5. The van der Waals surface area contributed by atoms with E-state index in [2.05, 4.69) is 36.8 Å². The monoisotopic (exact) mass is 619 g/mol. The standard InChI is InChI=1S/C36H41N7O3/c1-36(2,26-16-20-40(3)21-17-26)22-25(23-37)34(44)41-19-7-8-28(24-41)42-31-15-18-39-33(38)32(31)43(35(42)45)27-11-13-30(14-12-27)46-29-9-5-4-6-10-29/h4-6,9-15,18,22,26,28H,7-8,16-17,19-21,24H2,1-3H3,(H2,38,39). The SMILES string of the molecule is CN1CCC(C(C)(C)C=C(C#N)C(=O)N2CCCC(n3c(=O)n(-c4ccc(Oc5ccccc5)cc4)c4c(N)nccc43)C2)CC1. The van der Waals surface area contributed by atoms with Gasteiger partial charge in [-0.2, -0.15) is 5.26 Å². The molecule has 238 valence electrons. The van der Waals surface area contributed by atoms with Gasteiger partial charge >= 0.3 is 5.69 Å². The maximum Gasteiger partial charge on any atom is 0.334 e.